The van der Waals surface area contributed by atoms with E-state index < -0.39 is 6.04 Å². The van der Waals surface area contributed by atoms with Crippen LogP contribution in [0, 0.1) is 40.4 Å². The molecule has 4 rings (SSSR count). The molecule has 4 aliphatic rings. The molecule has 0 radical (unpaired) electrons. The summed E-state index contributed by atoms with van der Waals surface area (Å²) < 4.78 is 5.51. The van der Waals surface area contributed by atoms with E-state index in [4.69, 9.17) is 10.5 Å². The lowest BCUT2D eigenvalue weighted by atomic mass is 9.47. The molecule has 1 amide bonds. The zero-order chi connectivity index (χ0) is 21.8. The standard InChI is InChI=1S/C25H40N2O3/c1-15(2)14-30-23(29)22(26)19-8-7-17-16-6-9-20-25(4,13-11-21(28)27(20)5)18(16)10-12-24(17,19)3/h11,13,15-20,22H,6-10,12,14,26H2,1-5H3/t16-,17-,18+,19?,20?,22?,24-,25+/m0/s1. The maximum absolute atomic E-state index is 12.6. The van der Waals surface area contributed by atoms with Crippen molar-refractivity contribution in [3.63, 3.8) is 0 Å². The van der Waals surface area contributed by atoms with Crippen LogP contribution >= 0.6 is 0 Å². The molecule has 2 N–H and O–H groups in total. The molecule has 0 aromatic carbocycles. The minimum Gasteiger partial charge on any atom is -0.464 e. The van der Waals surface area contributed by atoms with Gasteiger partial charge in [-0.05, 0) is 79.6 Å². The van der Waals surface area contributed by atoms with Crippen LogP contribution in [0.15, 0.2) is 12.2 Å². The van der Waals surface area contributed by atoms with Crippen molar-refractivity contribution in [3.05, 3.63) is 12.2 Å². The highest BCUT2D eigenvalue weighted by molar-refractivity contribution is 5.89. The molecule has 5 nitrogen and oxygen atoms in total. The fraction of sp³-hybridized carbons (Fsp3) is 0.840. The second-order valence-corrected chi connectivity index (χ2v) is 11.4. The van der Waals surface area contributed by atoms with E-state index in [2.05, 4.69) is 33.8 Å². The van der Waals surface area contributed by atoms with Gasteiger partial charge in [-0.2, -0.15) is 0 Å². The van der Waals surface area contributed by atoms with Crippen molar-refractivity contribution in [2.75, 3.05) is 13.7 Å². The van der Waals surface area contributed by atoms with E-state index in [0.717, 1.165) is 32.1 Å². The lowest BCUT2D eigenvalue weighted by molar-refractivity contribution is -0.150. The first-order chi connectivity index (χ1) is 14.1. The average molecular weight is 417 g/mol. The molecule has 1 aliphatic heterocycles. The van der Waals surface area contributed by atoms with Gasteiger partial charge in [0.05, 0.1) is 6.61 Å². The Labute approximate surface area is 181 Å². The van der Waals surface area contributed by atoms with Crippen LogP contribution in [-0.2, 0) is 14.3 Å². The first kappa shape index (κ1) is 21.9. The lowest BCUT2D eigenvalue weighted by Gasteiger charge is -2.60. The SMILES string of the molecule is CC(C)COC(=O)C(N)C1CC[C@H]2[C@@H]3CCC4N(C)C(=O)C=C[C@]4(C)[C@@H]3CC[C@]12C. The van der Waals surface area contributed by atoms with E-state index >= 15 is 0 Å². The van der Waals surface area contributed by atoms with Crippen molar-refractivity contribution in [1.82, 2.24) is 4.90 Å². The number of hydrogen-bond donors (Lipinski definition) is 1. The Morgan fingerprint density at radius 1 is 1.20 bits per heavy atom. The van der Waals surface area contributed by atoms with E-state index in [1.54, 1.807) is 6.08 Å². The molecule has 0 bridgehead atoms. The van der Waals surface area contributed by atoms with Gasteiger partial charge in [-0.1, -0.05) is 33.8 Å². The van der Waals surface area contributed by atoms with Crippen LogP contribution in [0.25, 0.3) is 0 Å². The molecule has 3 aliphatic carbocycles. The van der Waals surface area contributed by atoms with Gasteiger partial charge in [-0.3, -0.25) is 9.59 Å². The molecular weight excluding hydrogens is 376 g/mol. The summed E-state index contributed by atoms with van der Waals surface area (Å²) in [5.74, 6) is 2.32. The van der Waals surface area contributed by atoms with E-state index in [9.17, 15) is 9.59 Å². The summed E-state index contributed by atoms with van der Waals surface area (Å²) in [6.07, 6.45) is 10.7. The van der Waals surface area contributed by atoms with Gasteiger partial charge >= 0.3 is 5.97 Å². The van der Waals surface area contributed by atoms with E-state index in [0.29, 0.717) is 36.3 Å². The highest BCUT2D eigenvalue weighted by Gasteiger charge is 2.61. The largest absolute Gasteiger partial charge is 0.464 e. The van der Waals surface area contributed by atoms with Crippen LogP contribution in [0.3, 0.4) is 0 Å². The number of nitrogens with zero attached hydrogens (tertiary/aromatic N) is 1. The van der Waals surface area contributed by atoms with Crippen molar-refractivity contribution in [2.24, 2.45) is 46.2 Å². The number of esters is 1. The molecule has 0 saturated heterocycles. The molecule has 0 aromatic rings. The van der Waals surface area contributed by atoms with Gasteiger partial charge in [0, 0.05) is 18.5 Å². The van der Waals surface area contributed by atoms with E-state index in [-0.39, 0.29) is 28.6 Å². The molecule has 1 heterocycles. The molecule has 168 valence electrons. The number of ether oxygens (including phenoxy) is 1. The number of fused-ring (bicyclic) bond motifs is 5. The van der Waals surface area contributed by atoms with Crippen LogP contribution in [0.4, 0.5) is 0 Å². The fourth-order valence-electron chi connectivity index (χ4n) is 7.88. The zero-order valence-corrected chi connectivity index (χ0v) is 19.4. The first-order valence-corrected chi connectivity index (χ1v) is 12.0. The average Bonchev–Trinajstić information content (AvgIpc) is 3.06. The minimum absolute atomic E-state index is 0.0588. The van der Waals surface area contributed by atoms with Crippen molar-refractivity contribution < 1.29 is 14.3 Å². The molecule has 8 atom stereocenters. The van der Waals surface area contributed by atoms with Crippen LogP contribution < -0.4 is 5.73 Å². The van der Waals surface area contributed by atoms with Gasteiger partial charge in [0.15, 0.2) is 0 Å². The number of rotatable bonds is 4. The van der Waals surface area contributed by atoms with Gasteiger partial charge in [0.2, 0.25) is 5.91 Å². The molecule has 0 spiro atoms. The molecule has 30 heavy (non-hydrogen) atoms. The molecule has 3 saturated carbocycles. The number of nitrogens with two attached hydrogens (primary N) is 1. The number of hydrogen-bond acceptors (Lipinski definition) is 4. The molecular formula is C25H40N2O3. The molecule has 5 heteroatoms. The monoisotopic (exact) mass is 416 g/mol. The maximum atomic E-state index is 12.6. The Hall–Kier alpha value is -1.36. The summed E-state index contributed by atoms with van der Waals surface area (Å²) in [7, 11) is 1.97. The Morgan fingerprint density at radius 2 is 1.93 bits per heavy atom. The number of likely N-dealkylation sites (N-methyl/N-ethyl adjacent to an activating group) is 1. The third-order valence-corrected chi connectivity index (χ3v) is 9.47. The quantitative estimate of drug-likeness (QED) is 0.708. The third kappa shape index (κ3) is 3.23. The predicted molar refractivity (Wildman–Crippen MR) is 117 cm³/mol. The van der Waals surface area contributed by atoms with Gasteiger partial charge < -0.3 is 15.4 Å². The molecule has 3 fully saturated rings. The van der Waals surface area contributed by atoms with Gasteiger partial charge in [-0.25, -0.2) is 0 Å². The van der Waals surface area contributed by atoms with Crippen LogP contribution in [0.1, 0.15) is 66.2 Å². The van der Waals surface area contributed by atoms with E-state index in [1.165, 1.54) is 6.42 Å². The van der Waals surface area contributed by atoms with Crippen LogP contribution in [0.2, 0.25) is 0 Å². The zero-order valence-electron chi connectivity index (χ0n) is 19.4. The lowest BCUT2D eigenvalue weighted by Crippen LogP contribution is -2.60. The predicted octanol–water partition coefficient (Wildman–Crippen LogP) is 3.77. The Morgan fingerprint density at radius 3 is 2.63 bits per heavy atom. The minimum atomic E-state index is -0.513. The highest BCUT2D eigenvalue weighted by atomic mass is 16.5. The number of carbonyl (C=O) groups excluding carboxylic acids is 2. The summed E-state index contributed by atoms with van der Waals surface area (Å²) in [4.78, 5) is 26.9. The van der Waals surface area contributed by atoms with Crippen molar-refractivity contribution >= 4 is 11.9 Å². The smallest absolute Gasteiger partial charge is 0.323 e. The number of carbonyl (C=O) groups is 2. The van der Waals surface area contributed by atoms with Crippen molar-refractivity contribution in [1.29, 1.82) is 0 Å². The van der Waals surface area contributed by atoms with Gasteiger partial charge in [0.1, 0.15) is 6.04 Å². The van der Waals surface area contributed by atoms with Crippen molar-refractivity contribution in [3.8, 4) is 0 Å². The molecule has 3 unspecified atom stereocenters. The second kappa shape index (κ2) is 7.65. The Bertz CT molecular complexity index is 734. The maximum Gasteiger partial charge on any atom is 0.323 e. The van der Waals surface area contributed by atoms with Gasteiger partial charge in [0.25, 0.3) is 0 Å². The third-order valence-electron chi connectivity index (χ3n) is 9.47. The van der Waals surface area contributed by atoms with Crippen LogP contribution in [0.5, 0.6) is 0 Å². The first-order valence-electron chi connectivity index (χ1n) is 12.0. The summed E-state index contributed by atoms with van der Waals surface area (Å²) >= 11 is 0. The summed E-state index contributed by atoms with van der Waals surface area (Å²) in [5, 5.41) is 0. The number of amides is 1. The van der Waals surface area contributed by atoms with Gasteiger partial charge in [-0.15, -0.1) is 0 Å². The van der Waals surface area contributed by atoms with Crippen LogP contribution in [-0.4, -0.2) is 42.5 Å². The summed E-state index contributed by atoms with van der Waals surface area (Å²) in [6.45, 7) is 9.31. The Balaban J connectivity index is 1.54. The van der Waals surface area contributed by atoms with Crippen molar-refractivity contribution in [2.45, 2.75) is 78.3 Å². The topological polar surface area (TPSA) is 72.6 Å². The molecule has 0 aromatic heterocycles. The second-order valence-electron chi connectivity index (χ2n) is 11.4. The normalized spacial score (nSPS) is 43.8. The van der Waals surface area contributed by atoms with E-state index in [1.807, 2.05) is 11.9 Å². The Kier molecular flexibility index (Phi) is 5.57. The summed E-state index contributed by atoms with van der Waals surface area (Å²) in [6, 6.07) is -0.202. The highest BCUT2D eigenvalue weighted by Crippen LogP contribution is 2.65. The summed E-state index contributed by atoms with van der Waals surface area (Å²) in [5.41, 5.74) is 6.68. The fourth-order valence-corrected chi connectivity index (χ4v) is 7.88.